The average molecular weight is 286 g/mol. The summed E-state index contributed by atoms with van der Waals surface area (Å²) in [4.78, 5) is 26.6. The van der Waals surface area contributed by atoms with Crippen LogP contribution in [0.2, 0.25) is 0 Å². The Kier molecular flexibility index (Phi) is 3.20. The van der Waals surface area contributed by atoms with Gasteiger partial charge in [0.15, 0.2) is 0 Å². The molecule has 0 saturated carbocycles. The van der Waals surface area contributed by atoms with Crippen molar-refractivity contribution in [2.45, 2.75) is 11.7 Å². The van der Waals surface area contributed by atoms with Crippen LogP contribution in [0.5, 0.6) is 0 Å². The molecule has 1 fully saturated rings. The molecule has 1 atom stereocenters. The van der Waals surface area contributed by atoms with Gasteiger partial charge in [0.2, 0.25) is 15.9 Å². The molecule has 19 heavy (non-hydrogen) atoms. The molecular formula is C9H10N4O5S. The van der Waals surface area contributed by atoms with Gasteiger partial charge in [-0.15, -0.1) is 0 Å². The number of pyridine rings is 1. The van der Waals surface area contributed by atoms with Gasteiger partial charge in [0.25, 0.3) is 0 Å². The quantitative estimate of drug-likeness (QED) is 0.581. The lowest BCUT2D eigenvalue weighted by atomic mass is 10.3. The van der Waals surface area contributed by atoms with Crippen molar-refractivity contribution in [3.8, 4) is 0 Å². The van der Waals surface area contributed by atoms with E-state index in [1.165, 1.54) is 12.3 Å². The van der Waals surface area contributed by atoms with Gasteiger partial charge in [-0.3, -0.25) is 19.9 Å². The lowest BCUT2D eigenvalue weighted by molar-refractivity contribution is -0.384. The third-order valence-electron chi connectivity index (χ3n) is 2.82. The zero-order valence-corrected chi connectivity index (χ0v) is 10.4. The van der Waals surface area contributed by atoms with Crippen molar-refractivity contribution in [1.82, 2.24) is 4.98 Å². The monoisotopic (exact) mass is 286 g/mol. The number of carbonyl (C=O) groups is 1. The van der Waals surface area contributed by atoms with Gasteiger partial charge in [-0.2, -0.15) is 0 Å². The highest BCUT2D eigenvalue weighted by atomic mass is 32.2. The van der Waals surface area contributed by atoms with Crippen molar-refractivity contribution >= 4 is 27.3 Å². The second-order valence-corrected chi connectivity index (χ2v) is 5.89. The number of primary sulfonamides is 1. The van der Waals surface area contributed by atoms with E-state index in [0.717, 1.165) is 11.1 Å². The normalized spacial score (nSPS) is 19.7. The van der Waals surface area contributed by atoms with Crippen LogP contribution in [-0.2, 0) is 14.8 Å². The number of nitrogens with two attached hydrogens (primary N) is 1. The average Bonchev–Trinajstić information content (AvgIpc) is 2.71. The zero-order chi connectivity index (χ0) is 14.2. The minimum absolute atomic E-state index is 0.0242. The van der Waals surface area contributed by atoms with Crippen molar-refractivity contribution in [2.75, 3.05) is 11.4 Å². The minimum atomic E-state index is -3.86. The minimum Gasteiger partial charge on any atom is -0.305 e. The van der Waals surface area contributed by atoms with E-state index in [0.29, 0.717) is 0 Å². The summed E-state index contributed by atoms with van der Waals surface area (Å²) in [5.41, 5.74) is -0.331. The smallest absolute Gasteiger partial charge is 0.305 e. The van der Waals surface area contributed by atoms with Gasteiger partial charge in [-0.05, 0) is 6.07 Å². The lowest BCUT2D eigenvalue weighted by Gasteiger charge is -2.15. The van der Waals surface area contributed by atoms with Crippen LogP contribution in [0.4, 0.5) is 11.4 Å². The summed E-state index contributed by atoms with van der Waals surface area (Å²) >= 11 is 0. The first-order valence-corrected chi connectivity index (χ1v) is 6.82. The van der Waals surface area contributed by atoms with E-state index in [4.69, 9.17) is 5.14 Å². The van der Waals surface area contributed by atoms with Gasteiger partial charge in [-0.1, -0.05) is 0 Å². The third-order valence-corrected chi connectivity index (χ3v) is 4.06. The van der Waals surface area contributed by atoms with Crippen molar-refractivity contribution in [3.63, 3.8) is 0 Å². The molecule has 9 nitrogen and oxygen atoms in total. The Morgan fingerprint density at radius 1 is 1.53 bits per heavy atom. The molecule has 102 valence electrons. The number of hydrogen-bond donors (Lipinski definition) is 1. The highest BCUT2D eigenvalue weighted by molar-refractivity contribution is 7.89. The summed E-state index contributed by atoms with van der Waals surface area (Å²) in [6, 6.07) is 1.29. The van der Waals surface area contributed by atoms with E-state index in [1.54, 1.807) is 0 Å². The van der Waals surface area contributed by atoms with Gasteiger partial charge in [0, 0.05) is 19.2 Å². The van der Waals surface area contributed by atoms with E-state index in [9.17, 15) is 23.3 Å². The summed E-state index contributed by atoms with van der Waals surface area (Å²) in [5, 5.41) is 14.8. The Morgan fingerprint density at radius 2 is 2.21 bits per heavy atom. The van der Waals surface area contributed by atoms with Crippen molar-refractivity contribution in [1.29, 1.82) is 0 Å². The molecule has 1 saturated heterocycles. The van der Waals surface area contributed by atoms with Crippen molar-refractivity contribution in [3.05, 3.63) is 28.6 Å². The highest BCUT2D eigenvalue weighted by Gasteiger charge is 2.39. The van der Waals surface area contributed by atoms with Gasteiger partial charge in [0.1, 0.15) is 17.1 Å². The molecule has 0 aliphatic carbocycles. The lowest BCUT2D eigenvalue weighted by Crippen LogP contribution is -2.32. The Morgan fingerprint density at radius 3 is 2.74 bits per heavy atom. The van der Waals surface area contributed by atoms with E-state index in [1.807, 2.05) is 0 Å². The summed E-state index contributed by atoms with van der Waals surface area (Å²) in [6.07, 6.45) is 2.02. The van der Waals surface area contributed by atoms with Gasteiger partial charge in [0.05, 0.1) is 4.92 Å². The van der Waals surface area contributed by atoms with Crippen LogP contribution >= 0.6 is 0 Å². The summed E-state index contributed by atoms with van der Waals surface area (Å²) in [5.74, 6) is -0.520. The number of hydrogen-bond acceptors (Lipinski definition) is 6. The van der Waals surface area contributed by atoms with Crippen LogP contribution in [-0.4, -0.2) is 36.0 Å². The number of amides is 1. The number of sulfonamides is 1. The fraction of sp³-hybridized carbons (Fsp3) is 0.333. The molecule has 1 unspecified atom stereocenters. The van der Waals surface area contributed by atoms with Gasteiger partial charge >= 0.3 is 5.69 Å². The molecule has 1 aromatic rings. The fourth-order valence-corrected chi connectivity index (χ4v) is 2.61. The molecular weight excluding hydrogens is 276 g/mol. The molecule has 2 N–H and O–H groups in total. The van der Waals surface area contributed by atoms with E-state index >= 15 is 0 Å². The topological polar surface area (TPSA) is 136 Å². The Bertz CT molecular complexity index is 644. The molecule has 10 heteroatoms. The number of nitrogens with zero attached hydrogens (tertiary/aromatic N) is 3. The van der Waals surface area contributed by atoms with Crippen LogP contribution in [0.15, 0.2) is 18.5 Å². The van der Waals surface area contributed by atoms with Crippen LogP contribution in [0.25, 0.3) is 0 Å². The molecule has 1 aliphatic heterocycles. The molecule has 0 bridgehead atoms. The van der Waals surface area contributed by atoms with E-state index in [2.05, 4.69) is 4.98 Å². The molecule has 0 radical (unpaired) electrons. The Balaban J connectivity index is 2.39. The molecule has 1 aromatic heterocycles. The first-order chi connectivity index (χ1) is 8.80. The van der Waals surface area contributed by atoms with Gasteiger partial charge in [-0.25, -0.2) is 13.6 Å². The molecule has 0 aromatic carbocycles. The number of aromatic nitrogens is 1. The highest BCUT2D eigenvalue weighted by Crippen LogP contribution is 2.31. The van der Waals surface area contributed by atoms with E-state index in [-0.39, 0.29) is 24.3 Å². The first kappa shape index (κ1) is 13.4. The predicted molar refractivity (Wildman–Crippen MR) is 64.8 cm³/mol. The molecule has 1 amide bonds. The maximum absolute atomic E-state index is 11.8. The summed E-state index contributed by atoms with van der Waals surface area (Å²) in [7, 11) is -3.86. The zero-order valence-electron chi connectivity index (χ0n) is 9.59. The van der Waals surface area contributed by atoms with Crippen LogP contribution < -0.4 is 10.0 Å². The second kappa shape index (κ2) is 4.55. The van der Waals surface area contributed by atoms with Crippen LogP contribution in [0.1, 0.15) is 6.42 Å². The first-order valence-electron chi connectivity index (χ1n) is 5.21. The van der Waals surface area contributed by atoms with Gasteiger partial charge < -0.3 is 4.90 Å². The molecule has 0 spiro atoms. The Hall–Kier alpha value is -2.07. The molecule has 2 heterocycles. The SMILES string of the molecule is NS(=O)(=O)C1CC(=O)N(c2ccncc2[N+](=O)[O-])C1. The standard InChI is InChI=1S/C9H10N4O5S/c10-19(17,18)6-3-9(14)12(5-6)7-1-2-11-4-8(7)13(15)16/h1-2,4,6H,3,5H2,(H2,10,17,18). The largest absolute Gasteiger partial charge is 0.311 e. The van der Waals surface area contributed by atoms with Crippen molar-refractivity contribution in [2.24, 2.45) is 5.14 Å². The van der Waals surface area contributed by atoms with Crippen LogP contribution in [0.3, 0.4) is 0 Å². The summed E-state index contributed by atoms with van der Waals surface area (Å²) in [6.45, 7) is -0.192. The maximum Gasteiger partial charge on any atom is 0.311 e. The van der Waals surface area contributed by atoms with Crippen molar-refractivity contribution < 1.29 is 18.1 Å². The predicted octanol–water partition coefficient (Wildman–Crippen LogP) is -0.616. The number of nitro groups is 1. The Labute approximate surface area is 108 Å². The second-order valence-electron chi connectivity index (χ2n) is 4.04. The fourth-order valence-electron chi connectivity index (χ4n) is 1.88. The maximum atomic E-state index is 11.8. The number of carbonyl (C=O) groups excluding carboxylic acids is 1. The molecule has 1 aliphatic rings. The third kappa shape index (κ3) is 2.53. The number of rotatable bonds is 3. The van der Waals surface area contributed by atoms with Crippen LogP contribution in [0, 0.1) is 10.1 Å². The summed E-state index contributed by atoms with van der Waals surface area (Å²) < 4.78 is 22.5. The van der Waals surface area contributed by atoms with E-state index < -0.39 is 26.1 Å². The number of anilines is 1. The molecule has 2 rings (SSSR count).